The normalized spacial score (nSPS) is 17.5. The van der Waals surface area contributed by atoms with E-state index in [0.717, 1.165) is 11.8 Å². The second-order valence-electron chi connectivity index (χ2n) is 7.30. The van der Waals surface area contributed by atoms with Crippen LogP contribution < -0.4 is 5.73 Å². The number of halogens is 1. The Balaban J connectivity index is 1.66. The number of rotatable bonds is 7. The molecule has 0 saturated heterocycles. The van der Waals surface area contributed by atoms with Crippen LogP contribution in [-0.2, 0) is 25.2 Å². The van der Waals surface area contributed by atoms with E-state index in [1.807, 2.05) is 25.1 Å². The van der Waals surface area contributed by atoms with Crippen molar-refractivity contribution in [3.63, 3.8) is 0 Å². The second-order valence-corrected chi connectivity index (χ2v) is 11.0. The first-order chi connectivity index (χ1) is 15.1. The van der Waals surface area contributed by atoms with Gasteiger partial charge in [0.05, 0.1) is 22.5 Å². The molecule has 0 radical (unpaired) electrons. The highest BCUT2D eigenvalue weighted by Gasteiger charge is 2.34. The fourth-order valence-electron chi connectivity index (χ4n) is 3.25. The number of imidazole rings is 1. The topological polar surface area (TPSA) is 120 Å². The molecule has 168 valence electrons. The van der Waals surface area contributed by atoms with Crippen molar-refractivity contribution in [3.05, 3.63) is 70.8 Å². The summed E-state index contributed by atoms with van der Waals surface area (Å²) in [5.74, 6) is -0.770. The van der Waals surface area contributed by atoms with E-state index in [2.05, 4.69) is 10.1 Å². The number of carbonyl (C=O) groups excluding carboxylic acids is 1. The molecule has 3 heterocycles. The highest BCUT2D eigenvalue weighted by atomic mass is 35.5. The molecule has 0 bridgehead atoms. The zero-order chi connectivity index (χ0) is 23.0. The summed E-state index contributed by atoms with van der Waals surface area (Å²) in [6.07, 6.45) is 3.96. The molecule has 1 aliphatic rings. The van der Waals surface area contributed by atoms with Crippen LogP contribution in [0.2, 0.25) is 5.02 Å². The Morgan fingerprint density at radius 1 is 1.31 bits per heavy atom. The number of fused-ring (bicyclic) bond motifs is 1. The Morgan fingerprint density at radius 2 is 2.06 bits per heavy atom. The van der Waals surface area contributed by atoms with E-state index in [1.165, 1.54) is 16.8 Å². The Hall–Kier alpha value is -2.60. The molecular weight excluding hydrogens is 474 g/mol. The van der Waals surface area contributed by atoms with Gasteiger partial charge in [-0.25, -0.2) is 23.0 Å². The number of hydroxylamine groups is 2. The third kappa shape index (κ3) is 4.75. The first-order valence-corrected chi connectivity index (χ1v) is 12.8. The highest BCUT2D eigenvalue weighted by Crippen LogP contribution is 2.41. The van der Waals surface area contributed by atoms with Gasteiger partial charge in [0.25, 0.3) is 5.91 Å². The second kappa shape index (κ2) is 8.74. The molecular formula is C20H20ClN5O4S2. The molecule has 0 spiro atoms. The lowest BCUT2D eigenvalue weighted by atomic mass is 10.1. The average Bonchev–Trinajstić information content (AvgIpc) is 3.30. The summed E-state index contributed by atoms with van der Waals surface area (Å²) in [6.45, 7) is 1.82. The van der Waals surface area contributed by atoms with Gasteiger partial charge in [-0.15, -0.1) is 0 Å². The lowest BCUT2D eigenvalue weighted by Gasteiger charge is -2.25. The van der Waals surface area contributed by atoms with Gasteiger partial charge in [-0.1, -0.05) is 41.6 Å². The predicted molar refractivity (Wildman–Crippen MR) is 123 cm³/mol. The monoisotopic (exact) mass is 493 g/mol. The van der Waals surface area contributed by atoms with Crippen LogP contribution in [0.4, 0.5) is 0 Å². The van der Waals surface area contributed by atoms with Gasteiger partial charge in [0.1, 0.15) is 11.8 Å². The van der Waals surface area contributed by atoms with Crippen molar-refractivity contribution in [3.8, 4) is 0 Å². The molecule has 1 unspecified atom stereocenters. The van der Waals surface area contributed by atoms with Crippen LogP contribution in [0.5, 0.6) is 0 Å². The van der Waals surface area contributed by atoms with Crippen LogP contribution in [0.3, 0.4) is 0 Å². The van der Waals surface area contributed by atoms with E-state index in [-0.39, 0.29) is 5.75 Å². The molecule has 9 nitrogen and oxygen atoms in total. The molecule has 2 atom stereocenters. The van der Waals surface area contributed by atoms with Gasteiger partial charge in [0.2, 0.25) is 0 Å². The fourth-order valence-corrected chi connectivity index (χ4v) is 5.23. The van der Waals surface area contributed by atoms with Crippen LogP contribution in [0.15, 0.2) is 48.8 Å². The van der Waals surface area contributed by atoms with Gasteiger partial charge < -0.3 is 5.73 Å². The predicted octanol–water partition coefficient (Wildman–Crippen LogP) is 2.78. The van der Waals surface area contributed by atoms with Crippen LogP contribution >= 0.6 is 23.4 Å². The lowest BCUT2D eigenvalue weighted by molar-refractivity contribution is -0.171. The van der Waals surface area contributed by atoms with Gasteiger partial charge in [-0.2, -0.15) is 5.10 Å². The average molecular weight is 494 g/mol. The number of hydrogen-bond acceptors (Lipinski definition) is 8. The standard InChI is InChI=1S/C20H20ClN5O4S2/c1-12(14-5-3-4-6-15(14)21)30-25-10-17(31-20(25)19(22)27)16-9-23-18-8-7-13(24-26(16)18)11-32(2,28)29/h3-10,12,20H,11H2,1-2H3,(H2,22,27)/t12-,20?/m1/s1. The molecule has 2 N–H and O–H groups in total. The molecule has 12 heteroatoms. The molecule has 0 fully saturated rings. The number of aromatic nitrogens is 3. The van der Waals surface area contributed by atoms with Crippen molar-refractivity contribution < 1.29 is 18.0 Å². The van der Waals surface area contributed by atoms with Crippen molar-refractivity contribution in [1.29, 1.82) is 0 Å². The Morgan fingerprint density at radius 3 is 2.75 bits per heavy atom. The summed E-state index contributed by atoms with van der Waals surface area (Å²) in [4.78, 5) is 23.1. The maximum absolute atomic E-state index is 12.1. The highest BCUT2D eigenvalue weighted by molar-refractivity contribution is 8.09. The molecule has 32 heavy (non-hydrogen) atoms. The molecule has 0 saturated carbocycles. The van der Waals surface area contributed by atoms with Crippen LogP contribution in [-0.4, -0.2) is 45.6 Å². The third-order valence-electron chi connectivity index (χ3n) is 4.66. The van der Waals surface area contributed by atoms with Crippen molar-refractivity contribution in [2.45, 2.75) is 24.2 Å². The molecule has 1 aromatic carbocycles. The number of sulfone groups is 1. The van der Waals surface area contributed by atoms with Gasteiger partial charge in [-0.05, 0) is 25.1 Å². The maximum atomic E-state index is 12.1. The number of nitrogens with two attached hydrogens (primary N) is 1. The number of benzene rings is 1. The molecule has 1 amide bonds. The van der Waals surface area contributed by atoms with E-state index >= 15 is 0 Å². The number of hydrogen-bond donors (Lipinski definition) is 1. The van der Waals surface area contributed by atoms with E-state index in [9.17, 15) is 13.2 Å². The minimum atomic E-state index is -3.25. The van der Waals surface area contributed by atoms with Gasteiger partial charge in [-0.3, -0.25) is 9.63 Å². The Kier molecular flexibility index (Phi) is 6.17. The van der Waals surface area contributed by atoms with E-state index in [4.69, 9.17) is 22.2 Å². The number of carbonyl (C=O) groups is 1. The van der Waals surface area contributed by atoms with Crippen LogP contribution in [0.1, 0.15) is 30.0 Å². The molecule has 2 aromatic heterocycles. The zero-order valence-corrected chi connectivity index (χ0v) is 19.6. The molecule has 4 rings (SSSR count). The van der Waals surface area contributed by atoms with Gasteiger partial charge in [0.15, 0.2) is 20.9 Å². The van der Waals surface area contributed by atoms with Crippen molar-refractivity contribution >= 4 is 49.7 Å². The van der Waals surface area contributed by atoms with Gasteiger partial charge in [0, 0.05) is 23.0 Å². The zero-order valence-electron chi connectivity index (χ0n) is 17.2. The van der Waals surface area contributed by atoms with Gasteiger partial charge >= 0.3 is 0 Å². The number of thioether (sulfide) groups is 1. The summed E-state index contributed by atoms with van der Waals surface area (Å²) in [7, 11) is -3.25. The number of nitrogens with zero attached hydrogens (tertiary/aromatic N) is 4. The SMILES string of the molecule is C[C@@H](ON1C=C(c2cnc3ccc(CS(C)(=O)=O)nn23)SC1C(N)=O)c1ccccc1Cl. The summed E-state index contributed by atoms with van der Waals surface area (Å²) >= 11 is 7.46. The van der Waals surface area contributed by atoms with Crippen molar-refractivity contribution in [1.82, 2.24) is 19.7 Å². The lowest BCUT2D eigenvalue weighted by Crippen LogP contribution is -2.37. The first kappa shape index (κ1) is 22.6. The smallest absolute Gasteiger partial charge is 0.253 e. The maximum Gasteiger partial charge on any atom is 0.253 e. The number of primary amides is 1. The van der Waals surface area contributed by atoms with E-state index in [1.54, 1.807) is 35.1 Å². The number of amides is 1. The Bertz CT molecular complexity index is 1320. The molecule has 1 aliphatic heterocycles. The van der Waals surface area contributed by atoms with Crippen molar-refractivity contribution in [2.75, 3.05) is 6.26 Å². The summed E-state index contributed by atoms with van der Waals surface area (Å²) in [6, 6.07) is 10.6. The molecule has 0 aliphatic carbocycles. The summed E-state index contributed by atoms with van der Waals surface area (Å²) < 4.78 is 24.9. The minimum absolute atomic E-state index is 0.193. The third-order valence-corrected chi connectivity index (χ3v) is 7.06. The van der Waals surface area contributed by atoms with Crippen LogP contribution in [0.25, 0.3) is 10.6 Å². The summed E-state index contributed by atoms with van der Waals surface area (Å²) in [5.41, 5.74) is 7.89. The van der Waals surface area contributed by atoms with Crippen LogP contribution in [0, 0.1) is 0 Å². The quantitative estimate of drug-likeness (QED) is 0.533. The Labute approximate surface area is 194 Å². The van der Waals surface area contributed by atoms with Crippen molar-refractivity contribution in [2.24, 2.45) is 5.73 Å². The minimum Gasteiger partial charge on any atom is -0.367 e. The molecule has 3 aromatic rings. The summed E-state index contributed by atoms with van der Waals surface area (Å²) in [5, 5.41) is 5.55. The fraction of sp³-hybridized carbons (Fsp3) is 0.250. The van der Waals surface area contributed by atoms with E-state index in [0.29, 0.717) is 27.0 Å². The first-order valence-electron chi connectivity index (χ1n) is 9.51. The van der Waals surface area contributed by atoms with E-state index < -0.39 is 27.2 Å². The largest absolute Gasteiger partial charge is 0.367 e.